The summed E-state index contributed by atoms with van der Waals surface area (Å²) in [5.41, 5.74) is 13.0. The zero-order valence-electron chi connectivity index (χ0n) is 31.2. The van der Waals surface area contributed by atoms with E-state index in [1.165, 1.54) is 0 Å². The van der Waals surface area contributed by atoms with Gasteiger partial charge >= 0.3 is 0 Å². The van der Waals surface area contributed by atoms with Gasteiger partial charge < -0.3 is 8.98 Å². The Bertz CT molecular complexity index is 3320. The van der Waals surface area contributed by atoms with Gasteiger partial charge in [-0.25, -0.2) is 9.97 Å². The van der Waals surface area contributed by atoms with Crippen molar-refractivity contribution in [1.82, 2.24) is 14.5 Å². The number of nitrogens with zero attached hydrogens (tertiary/aromatic N) is 4. The predicted molar refractivity (Wildman–Crippen MR) is 236 cm³/mol. The first-order chi connectivity index (χ1) is 28.8. The maximum Gasteiger partial charge on any atom is 0.161 e. The van der Waals surface area contributed by atoms with Crippen molar-refractivity contribution in [3.05, 3.63) is 200 Å². The number of aromatic nitrogens is 3. The summed E-state index contributed by atoms with van der Waals surface area (Å²) in [5, 5.41) is 15.1. The normalized spacial score (nSPS) is 11.4. The van der Waals surface area contributed by atoms with Gasteiger partial charge in [-0.1, -0.05) is 164 Å². The summed E-state index contributed by atoms with van der Waals surface area (Å²) in [6.45, 7) is 0. The van der Waals surface area contributed by atoms with Gasteiger partial charge in [0.1, 0.15) is 17.2 Å². The highest BCUT2D eigenvalue weighted by molar-refractivity contribution is 6.22. The molecule has 0 aliphatic heterocycles. The topological polar surface area (TPSA) is 67.6 Å². The summed E-state index contributed by atoms with van der Waals surface area (Å²) in [7, 11) is 0. The highest BCUT2D eigenvalue weighted by atomic mass is 16.3. The molecular weight excluding hydrogens is 709 g/mol. The molecule has 0 radical (unpaired) electrons. The first kappa shape index (κ1) is 33.3. The Hall–Kier alpha value is -8.07. The molecule has 0 aliphatic rings. The lowest BCUT2D eigenvalue weighted by molar-refractivity contribution is 0.671. The fourth-order valence-corrected chi connectivity index (χ4v) is 8.54. The number of para-hydroxylation sites is 2. The SMILES string of the molecule is N#Cc1c(-c2ccccc2)nc(-c2ccc(-n3c4ccccc4c4ccc5c6ccccc6oc5c43)c(-c3ccccc3)c2-c2ccccc2)nc1-c1ccccc1. The minimum absolute atomic E-state index is 0.433. The maximum atomic E-state index is 10.7. The number of nitriles is 1. The van der Waals surface area contributed by atoms with Crippen LogP contribution in [-0.4, -0.2) is 14.5 Å². The van der Waals surface area contributed by atoms with E-state index in [2.05, 4.69) is 126 Å². The van der Waals surface area contributed by atoms with Crippen LogP contribution in [0.5, 0.6) is 0 Å². The van der Waals surface area contributed by atoms with Gasteiger partial charge in [-0.15, -0.1) is 0 Å². The molecule has 3 heterocycles. The third-order valence-electron chi connectivity index (χ3n) is 11.1. The predicted octanol–water partition coefficient (Wildman–Crippen LogP) is 13.7. The molecule has 58 heavy (non-hydrogen) atoms. The van der Waals surface area contributed by atoms with Gasteiger partial charge in [-0.2, -0.15) is 5.26 Å². The fourth-order valence-electron chi connectivity index (χ4n) is 8.54. The summed E-state index contributed by atoms with van der Waals surface area (Å²) in [6, 6.07) is 69.0. The van der Waals surface area contributed by atoms with E-state index in [-0.39, 0.29) is 0 Å². The molecule has 0 atom stereocenters. The van der Waals surface area contributed by atoms with E-state index in [1.54, 1.807) is 0 Å². The van der Waals surface area contributed by atoms with Crippen LogP contribution in [-0.2, 0) is 0 Å². The molecule has 270 valence electrons. The molecule has 0 spiro atoms. The number of hydrogen-bond acceptors (Lipinski definition) is 4. The van der Waals surface area contributed by atoms with E-state index < -0.39 is 0 Å². The van der Waals surface area contributed by atoms with Crippen LogP contribution in [0.4, 0.5) is 0 Å². The number of furan rings is 1. The average Bonchev–Trinajstić information content (AvgIpc) is 3.85. The van der Waals surface area contributed by atoms with Gasteiger partial charge in [0, 0.05) is 49.4 Å². The molecule has 0 saturated carbocycles. The molecule has 0 saturated heterocycles. The van der Waals surface area contributed by atoms with Crippen molar-refractivity contribution in [1.29, 1.82) is 5.26 Å². The second-order valence-corrected chi connectivity index (χ2v) is 14.4. The highest BCUT2D eigenvalue weighted by Crippen LogP contribution is 2.47. The van der Waals surface area contributed by atoms with Crippen molar-refractivity contribution >= 4 is 43.7 Å². The lowest BCUT2D eigenvalue weighted by atomic mass is 9.88. The van der Waals surface area contributed by atoms with E-state index in [0.29, 0.717) is 22.8 Å². The summed E-state index contributed by atoms with van der Waals surface area (Å²) in [4.78, 5) is 10.6. The van der Waals surface area contributed by atoms with Gasteiger partial charge in [0.25, 0.3) is 0 Å². The second kappa shape index (κ2) is 13.6. The Morgan fingerprint density at radius 2 is 0.966 bits per heavy atom. The number of fused-ring (bicyclic) bond motifs is 7. The molecule has 0 fully saturated rings. The van der Waals surface area contributed by atoms with Crippen molar-refractivity contribution in [2.45, 2.75) is 0 Å². The first-order valence-corrected chi connectivity index (χ1v) is 19.3. The van der Waals surface area contributed by atoms with Crippen LogP contribution in [0, 0.1) is 11.3 Å². The summed E-state index contributed by atoms with van der Waals surface area (Å²) in [5.74, 6) is 0.529. The highest BCUT2D eigenvalue weighted by Gasteiger charge is 2.27. The molecule has 0 aliphatic carbocycles. The summed E-state index contributed by atoms with van der Waals surface area (Å²) >= 11 is 0. The first-order valence-electron chi connectivity index (χ1n) is 19.3. The van der Waals surface area contributed by atoms with Crippen LogP contribution >= 0.6 is 0 Å². The third-order valence-corrected chi connectivity index (χ3v) is 11.1. The zero-order chi connectivity index (χ0) is 38.6. The number of hydrogen-bond donors (Lipinski definition) is 0. The Balaban J connectivity index is 1.30. The van der Waals surface area contributed by atoms with Crippen molar-refractivity contribution in [3.63, 3.8) is 0 Å². The van der Waals surface area contributed by atoms with Gasteiger partial charge in [-0.3, -0.25) is 0 Å². The minimum atomic E-state index is 0.433. The third kappa shape index (κ3) is 5.24. The Morgan fingerprint density at radius 1 is 0.448 bits per heavy atom. The van der Waals surface area contributed by atoms with E-state index in [1.807, 2.05) is 78.9 Å². The van der Waals surface area contributed by atoms with E-state index in [4.69, 9.17) is 14.4 Å². The lowest BCUT2D eigenvalue weighted by Gasteiger charge is -2.22. The summed E-state index contributed by atoms with van der Waals surface area (Å²) < 4.78 is 9.15. The largest absolute Gasteiger partial charge is 0.454 e. The monoisotopic (exact) mass is 740 g/mol. The van der Waals surface area contributed by atoms with E-state index in [0.717, 1.165) is 88.4 Å². The molecule has 0 N–H and O–H groups in total. The van der Waals surface area contributed by atoms with Crippen molar-refractivity contribution in [2.24, 2.45) is 0 Å². The van der Waals surface area contributed by atoms with Crippen LogP contribution in [0.3, 0.4) is 0 Å². The Morgan fingerprint density at radius 3 is 1.59 bits per heavy atom. The van der Waals surface area contributed by atoms with E-state index in [9.17, 15) is 5.26 Å². The smallest absolute Gasteiger partial charge is 0.161 e. The van der Waals surface area contributed by atoms with Gasteiger partial charge in [0.2, 0.25) is 0 Å². The molecule has 5 heteroatoms. The van der Waals surface area contributed by atoms with Crippen LogP contribution in [0.15, 0.2) is 199 Å². The number of rotatable bonds is 6. The van der Waals surface area contributed by atoms with Crippen LogP contribution in [0.2, 0.25) is 0 Å². The van der Waals surface area contributed by atoms with Gasteiger partial charge in [0.05, 0.1) is 28.1 Å². The molecule has 5 nitrogen and oxygen atoms in total. The quantitative estimate of drug-likeness (QED) is 0.170. The lowest BCUT2D eigenvalue weighted by Crippen LogP contribution is -2.05. The van der Waals surface area contributed by atoms with E-state index >= 15 is 0 Å². The van der Waals surface area contributed by atoms with Crippen LogP contribution in [0.1, 0.15) is 5.56 Å². The summed E-state index contributed by atoms with van der Waals surface area (Å²) in [6.07, 6.45) is 0. The molecule has 3 aromatic heterocycles. The fraction of sp³-hybridized carbons (Fsp3) is 0. The second-order valence-electron chi connectivity index (χ2n) is 14.4. The maximum absolute atomic E-state index is 10.7. The van der Waals surface area contributed by atoms with Gasteiger partial charge in [0.15, 0.2) is 11.4 Å². The minimum Gasteiger partial charge on any atom is -0.454 e. The molecule has 11 rings (SSSR count). The molecule has 11 aromatic rings. The zero-order valence-corrected chi connectivity index (χ0v) is 31.2. The molecule has 8 aromatic carbocycles. The van der Waals surface area contributed by atoms with Crippen LogP contribution < -0.4 is 0 Å². The standard InChI is InChI=1S/C53H32N4O/c54-33-43-49(36-21-9-3-10-22-36)55-53(56-50(43)37-23-11-4-12-24-37)42-31-32-45(48(35-19-7-2-8-20-35)47(42)34-17-5-1-6-18-34)57-44-27-15-13-25-38(44)40-29-30-41-39-26-14-16-28-46(39)58-52(41)51(40)57/h1-32H. The molecule has 0 unspecified atom stereocenters. The number of benzene rings is 8. The Kier molecular flexibility index (Phi) is 7.80. The van der Waals surface area contributed by atoms with Gasteiger partial charge in [-0.05, 0) is 41.5 Å². The molecule has 0 amide bonds. The van der Waals surface area contributed by atoms with Crippen molar-refractivity contribution in [3.8, 4) is 67.9 Å². The van der Waals surface area contributed by atoms with Crippen LogP contribution in [0.25, 0.3) is 106 Å². The average molecular weight is 741 g/mol. The van der Waals surface area contributed by atoms with Crippen molar-refractivity contribution < 1.29 is 4.42 Å². The van der Waals surface area contributed by atoms with Crippen molar-refractivity contribution in [2.75, 3.05) is 0 Å². The molecule has 0 bridgehead atoms. The molecular formula is C53H32N4O. The Labute approximate surface area is 334 Å².